The molecule has 0 aliphatic rings. The Labute approximate surface area is 121 Å². The van der Waals surface area contributed by atoms with Crippen molar-refractivity contribution in [3.8, 4) is 0 Å². The highest BCUT2D eigenvalue weighted by Crippen LogP contribution is 2.29. The van der Waals surface area contributed by atoms with Crippen LogP contribution in [0.5, 0.6) is 0 Å². The molecule has 1 N–H and O–H groups in total. The van der Waals surface area contributed by atoms with Crippen molar-refractivity contribution in [2.45, 2.75) is 25.8 Å². The third kappa shape index (κ3) is 3.16. The quantitative estimate of drug-likeness (QED) is 0.919. The second-order valence-corrected chi connectivity index (χ2v) is 5.66. The molecule has 0 spiro atoms. The van der Waals surface area contributed by atoms with Crippen LogP contribution in [0, 0.1) is 0 Å². The van der Waals surface area contributed by atoms with Crippen LogP contribution in [0.1, 0.15) is 30.7 Å². The van der Waals surface area contributed by atoms with Gasteiger partial charge in [-0.05, 0) is 17.9 Å². The smallest absolute Gasteiger partial charge is 0.287 e. The molecule has 2 aromatic heterocycles. The number of anilines is 1. The molecule has 2 heterocycles. The van der Waals surface area contributed by atoms with Crippen LogP contribution in [0.15, 0.2) is 28.5 Å². The highest BCUT2D eigenvalue weighted by molar-refractivity contribution is 7.10. The fourth-order valence-electron chi connectivity index (χ4n) is 1.86. The SMILES string of the molecule is CCCC(Nc1cnn(C)c(=O)c1Cl)c1cccs1. The number of nitrogens with zero attached hydrogens (tertiary/aromatic N) is 2. The Hall–Kier alpha value is -1.33. The van der Waals surface area contributed by atoms with Crippen molar-refractivity contribution < 1.29 is 0 Å². The average molecular weight is 298 g/mol. The summed E-state index contributed by atoms with van der Waals surface area (Å²) in [6.07, 6.45) is 3.62. The standard InChI is InChI=1S/C13H16ClN3OS/c1-3-5-9(11-6-4-7-19-11)16-10-8-15-17(2)13(18)12(10)14/h4,6-9,16H,3,5H2,1-2H3. The molecule has 1 unspecified atom stereocenters. The number of rotatable bonds is 5. The van der Waals surface area contributed by atoms with E-state index >= 15 is 0 Å². The third-order valence-corrected chi connectivity index (χ3v) is 4.22. The largest absolute Gasteiger partial charge is 0.375 e. The normalized spacial score (nSPS) is 12.4. The summed E-state index contributed by atoms with van der Waals surface area (Å²) < 4.78 is 1.23. The van der Waals surface area contributed by atoms with E-state index in [0.29, 0.717) is 5.69 Å². The fourth-order valence-corrected chi connectivity index (χ4v) is 2.90. The summed E-state index contributed by atoms with van der Waals surface area (Å²) >= 11 is 7.77. The van der Waals surface area contributed by atoms with Gasteiger partial charge in [-0.15, -0.1) is 11.3 Å². The molecule has 4 nitrogen and oxygen atoms in total. The number of aromatic nitrogens is 2. The van der Waals surface area contributed by atoms with E-state index in [4.69, 9.17) is 11.6 Å². The number of nitrogens with one attached hydrogen (secondary N) is 1. The number of thiophene rings is 1. The van der Waals surface area contributed by atoms with Crippen LogP contribution in [0.2, 0.25) is 5.02 Å². The summed E-state index contributed by atoms with van der Waals surface area (Å²) in [6, 6.07) is 4.27. The zero-order valence-electron chi connectivity index (χ0n) is 10.9. The van der Waals surface area contributed by atoms with Gasteiger partial charge in [-0.1, -0.05) is 31.0 Å². The van der Waals surface area contributed by atoms with Crippen LogP contribution in [-0.4, -0.2) is 9.78 Å². The van der Waals surface area contributed by atoms with Crippen molar-refractivity contribution in [3.63, 3.8) is 0 Å². The van der Waals surface area contributed by atoms with Crippen molar-refractivity contribution in [2.24, 2.45) is 7.05 Å². The van der Waals surface area contributed by atoms with Gasteiger partial charge in [0.15, 0.2) is 0 Å². The minimum Gasteiger partial charge on any atom is -0.375 e. The van der Waals surface area contributed by atoms with Crippen LogP contribution in [0.25, 0.3) is 0 Å². The van der Waals surface area contributed by atoms with Crippen molar-refractivity contribution in [3.05, 3.63) is 44.0 Å². The molecule has 0 aromatic carbocycles. The van der Waals surface area contributed by atoms with Crippen LogP contribution in [0.4, 0.5) is 5.69 Å². The van der Waals surface area contributed by atoms with Crippen molar-refractivity contribution >= 4 is 28.6 Å². The molecule has 0 saturated carbocycles. The molecule has 102 valence electrons. The molecular weight excluding hydrogens is 282 g/mol. The Morgan fingerprint density at radius 3 is 3.00 bits per heavy atom. The Balaban J connectivity index is 2.27. The van der Waals surface area contributed by atoms with E-state index in [1.807, 2.05) is 11.4 Å². The molecule has 2 rings (SSSR count). The number of hydrogen-bond acceptors (Lipinski definition) is 4. The minimum atomic E-state index is -0.284. The van der Waals surface area contributed by atoms with Gasteiger partial charge in [0, 0.05) is 11.9 Å². The molecule has 0 amide bonds. The van der Waals surface area contributed by atoms with Crippen LogP contribution in [0.3, 0.4) is 0 Å². The molecule has 2 aromatic rings. The zero-order chi connectivity index (χ0) is 13.8. The Morgan fingerprint density at radius 2 is 2.37 bits per heavy atom. The maximum atomic E-state index is 11.7. The summed E-state index contributed by atoms with van der Waals surface area (Å²) in [5.41, 5.74) is 0.310. The van der Waals surface area contributed by atoms with Gasteiger partial charge in [0.2, 0.25) is 0 Å². The number of hydrogen-bond donors (Lipinski definition) is 1. The van der Waals surface area contributed by atoms with Gasteiger partial charge in [-0.3, -0.25) is 4.79 Å². The van der Waals surface area contributed by atoms with E-state index in [1.165, 1.54) is 9.56 Å². The van der Waals surface area contributed by atoms with E-state index in [0.717, 1.165) is 12.8 Å². The highest BCUT2D eigenvalue weighted by Gasteiger charge is 2.15. The predicted molar refractivity (Wildman–Crippen MR) is 80.1 cm³/mol. The summed E-state index contributed by atoms with van der Waals surface area (Å²) in [5.74, 6) is 0. The molecule has 1 atom stereocenters. The van der Waals surface area contributed by atoms with E-state index in [2.05, 4.69) is 23.4 Å². The molecular formula is C13H16ClN3OS. The first-order chi connectivity index (χ1) is 9.13. The van der Waals surface area contributed by atoms with Gasteiger partial charge in [-0.25, -0.2) is 4.68 Å². The molecule has 6 heteroatoms. The predicted octanol–water partition coefficient (Wildman–Crippen LogP) is 3.45. The van der Waals surface area contributed by atoms with E-state index in [1.54, 1.807) is 24.6 Å². The van der Waals surface area contributed by atoms with Crippen molar-refractivity contribution in [1.82, 2.24) is 9.78 Å². The number of halogens is 1. The first kappa shape index (κ1) is 14.1. The van der Waals surface area contributed by atoms with E-state index in [-0.39, 0.29) is 16.6 Å². The Morgan fingerprint density at radius 1 is 1.58 bits per heavy atom. The van der Waals surface area contributed by atoms with Crippen molar-refractivity contribution in [2.75, 3.05) is 5.32 Å². The van der Waals surface area contributed by atoms with Gasteiger partial charge >= 0.3 is 0 Å². The van der Waals surface area contributed by atoms with Crippen LogP contribution >= 0.6 is 22.9 Å². The highest BCUT2D eigenvalue weighted by atomic mass is 35.5. The lowest BCUT2D eigenvalue weighted by Gasteiger charge is -2.18. The first-order valence-electron chi connectivity index (χ1n) is 6.15. The second kappa shape index (κ2) is 6.21. The van der Waals surface area contributed by atoms with Gasteiger partial charge in [0.05, 0.1) is 17.9 Å². The first-order valence-corrected chi connectivity index (χ1v) is 7.41. The maximum absolute atomic E-state index is 11.7. The van der Waals surface area contributed by atoms with Crippen molar-refractivity contribution in [1.29, 1.82) is 0 Å². The monoisotopic (exact) mass is 297 g/mol. The lowest BCUT2D eigenvalue weighted by Crippen LogP contribution is -2.22. The summed E-state index contributed by atoms with van der Waals surface area (Å²) in [7, 11) is 1.58. The topological polar surface area (TPSA) is 46.9 Å². The van der Waals surface area contributed by atoms with Gasteiger partial charge in [0.1, 0.15) is 5.02 Å². The lowest BCUT2D eigenvalue weighted by molar-refractivity contribution is 0.677. The summed E-state index contributed by atoms with van der Waals surface area (Å²) in [5, 5.41) is 9.55. The second-order valence-electron chi connectivity index (χ2n) is 4.30. The molecule has 0 saturated heterocycles. The van der Waals surface area contributed by atoms with E-state index < -0.39 is 0 Å². The fraction of sp³-hybridized carbons (Fsp3) is 0.385. The molecule has 0 radical (unpaired) electrons. The summed E-state index contributed by atoms with van der Waals surface area (Å²) in [6.45, 7) is 2.13. The van der Waals surface area contributed by atoms with Crippen LogP contribution in [-0.2, 0) is 7.05 Å². The summed E-state index contributed by atoms with van der Waals surface area (Å²) in [4.78, 5) is 13.0. The Bertz CT molecular complexity index is 594. The molecule has 19 heavy (non-hydrogen) atoms. The molecule has 0 aliphatic carbocycles. The van der Waals surface area contributed by atoms with E-state index in [9.17, 15) is 4.79 Å². The maximum Gasteiger partial charge on any atom is 0.287 e. The molecule has 0 fully saturated rings. The average Bonchev–Trinajstić information content (AvgIpc) is 2.92. The molecule has 0 aliphatic heterocycles. The Kier molecular flexibility index (Phi) is 4.61. The van der Waals surface area contributed by atoms with Gasteiger partial charge in [0.25, 0.3) is 5.56 Å². The molecule has 0 bridgehead atoms. The van der Waals surface area contributed by atoms with Gasteiger partial charge < -0.3 is 5.32 Å². The lowest BCUT2D eigenvalue weighted by atomic mass is 10.1. The third-order valence-electron chi connectivity index (χ3n) is 2.87. The van der Waals surface area contributed by atoms with Gasteiger partial charge in [-0.2, -0.15) is 5.10 Å². The zero-order valence-corrected chi connectivity index (χ0v) is 12.5. The minimum absolute atomic E-state index is 0.163. The number of aryl methyl sites for hydroxylation is 1. The van der Waals surface area contributed by atoms with Crippen LogP contribution < -0.4 is 10.9 Å².